The van der Waals surface area contributed by atoms with E-state index in [9.17, 15) is 30.0 Å². The first-order valence-electron chi connectivity index (χ1n) is 10.6. The molecule has 0 saturated heterocycles. The van der Waals surface area contributed by atoms with Crippen LogP contribution in [-0.2, 0) is 6.54 Å². The molecule has 10 nitrogen and oxygen atoms in total. The number of azo groups is 1. The van der Waals surface area contributed by atoms with Crippen molar-refractivity contribution < 1.29 is 14.7 Å². The number of carbonyl (C=O) groups excluding carboxylic acids is 2. The number of amides is 2. The number of nitrogens with zero attached hydrogens (tertiary/aromatic N) is 6. The van der Waals surface area contributed by atoms with Crippen LogP contribution in [0.15, 0.2) is 25.6 Å². The number of hydrogen-bond acceptors (Lipinski definition) is 8. The van der Waals surface area contributed by atoms with E-state index in [4.69, 9.17) is 0 Å². The quantitative estimate of drug-likeness (QED) is 0.317. The lowest BCUT2D eigenvalue weighted by molar-refractivity contribution is 0.0662. The number of rotatable bonds is 7. The van der Waals surface area contributed by atoms with Gasteiger partial charge in [0, 0.05) is 18.7 Å². The molecule has 0 saturated carbocycles. The second-order valence-corrected chi connectivity index (χ2v) is 8.42. The molecule has 0 aliphatic carbocycles. The Morgan fingerprint density at radius 1 is 1.06 bits per heavy atom. The Bertz CT molecular complexity index is 1380. The highest BCUT2D eigenvalue weighted by Crippen LogP contribution is 2.40. The summed E-state index contributed by atoms with van der Waals surface area (Å²) in [6.45, 7) is 5.49. The Morgan fingerprint density at radius 3 is 2.32 bits per heavy atom. The average Bonchev–Trinajstić information content (AvgIpc) is 3.06. The van der Waals surface area contributed by atoms with Crippen molar-refractivity contribution in [3.63, 3.8) is 0 Å². The maximum Gasteiger partial charge on any atom is 0.281 e. The molecule has 1 aromatic carbocycles. The molecule has 1 aliphatic heterocycles. The van der Waals surface area contributed by atoms with Gasteiger partial charge in [0.1, 0.15) is 23.4 Å². The molecule has 0 atom stereocenters. The molecule has 2 amide bonds. The van der Waals surface area contributed by atoms with Gasteiger partial charge in [0.05, 0.1) is 21.2 Å². The van der Waals surface area contributed by atoms with Gasteiger partial charge in [-0.2, -0.15) is 10.5 Å². The minimum absolute atomic E-state index is 0.0197. The standard InChI is InChI=1S/C23H21BrN6O4/c1-4-6-7-8-30-21(32)15(11-26)12(3)18(23(30)34)27-28-19-13(10-25)9-14-16(17(19)24)22(33)29(5-2)20(14)31/h9,32H,4-8H2,1-3H3. The maximum absolute atomic E-state index is 13.1. The molecule has 34 heavy (non-hydrogen) atoms. The van der Waals surface area contributed by atoms with E-state index in [1.54, 1.807) is 6.92 Å². The summed E-state index contributed by atoms with van der Waals surface area (Å²) in [6.07, 6.45) is 2.35. The molecule has 3 rings (SSSR count). The highest BCUT2D eigenvalue weighted by Gasteiger charge is 2.38. The molecule has 0 spiro atoms. The predicted molar refractivity (Wildman–Crippen MR) is 125 cm³/mol. The fraction of sp³-hybridized carbons (Fsp3) is 0.348. The number of nitriles is 2. The molecule has 11 heteroatoms. The zero-order valence-corrected chi connectivity index (χ0v) is 20.4. The number of hydrogen-bond donors (Lipinski definition) is 1. The summed E-state index contributed by atoms with van der Waals surface area (Å²) in [5, 5.41) is 37.7. The fourth-order valence-electron chi connectivity index (χ4n) is 3.74. The minimum Gasteiger partial charge on any atom is -0.493 e. The van der Waals surface area contributed by atoms with E-state index < -0.39 is 23.3 Å². The highest BCUT2D eigenvalue weighted by molar-refractivity contribution is 9.10. The van der Waals surface area contributed by atoms with Crippen LogP contribution < -0.4 is 5.56 Å². The normalized spacial score (nSPS) is 12.8. The first kappa shape index (κ1) is 24.8. The average molecular weight is 525 g/mol. The lowest BCUT2D eigenvalue weighted by Gasteiger charge is -2.13. The molecule has 0 bridgehead atoms. The second-order valence-electron chi connectivity index (χ2n) is 7.62. The smallest absolute Gasteiger partial charge is 0.281 e. The minimum atomic E-state index is -0.631. The van der Waals surface area contributed by atoms with E-state index >= 15 is 0 Å². The summed E-state index contributed by atoms with van der Waals surface area (Å²) in [5.74, 6) is -1.47. The molecule has 1 N–H and O–H groups in total. The van der Waals surface area contributed by atoms with Crippen LogP contribution in [0.2, 0.25) is 0 Å². The van der Waals surface area contributed by atoms with Crippen LogP contribution in [0, 0.1) is 29.6 Å². The number of aromatic hydroxyl groups is 1. The third-order valence-electron chi connectivity index (χ3n) is 5.62. The zero-order chi connectivity index (χ0) is 25.2. The largest absolute Gasteiger partial charge is 0.493 e. The van der Waals surface area contributed by atoms with Crippen LogP contribution in [0.4, 0.5) is 11.4 Å². The monoisotopic (exact) mass is 524 g/mol. The van der Waals surface area contributed by atoms with Gasteiger partial charge < -0.3 is 5.11 Å². The first-order chi connectivity index (χ1) is 16.2. The summed E-state index contributed by atoms with van der Waals surface area (Å²) < 4.78 is 1.19. The van der Waals surface area contributed by atoms with Crippen molar-refractivity contribution in [3.05, 3.63) is 48.7 Å². The molecule has 0 radical (unpaired) electrons. The van der Waals surface area contributed by atoms with Crippen LogP contribution in [-0.4, -0.2) is 32.9 Å². The zero-order valence-electron chi connectivity index (χ0n) is 18.8. The van der Waals surface area contributed by atoms with E-state index in [-0.39, 0.29) is 56.8 Å². The lowest BCUT2D eigenvalue weighted by atomic mass is 10.0. The topological polar surface area (TPSA) is 152 Å². The SMILES string of the molecule is CCCCCn1c(O)c(C#N)c(C)c(N=Nc2c(C#N)cc3c(c2Br)C(=O)N(CC)C3=O)c1=O. The first-order valence-corrected chi connectivity index (χ1v) is 11.4. The van der Waals surface area contributed by atoms with Crippen LogP contribution >= 0.6 is 15.9 Å². The Kier molecular flexibility index (Phi) is 7.28. The number of carbonyl (C=O) groups is 2. The molecule has 1 aliphatic rings. The summed E-state index contributed by atoms with van der Waals surface area (Å²) in [6, 6.07) is 5.10. The summed E-state index contributed by atoms with van der Waals surface area (Å²) in [4.78, 5) is 39.3. The van der Waals surface area contributed by atoms with Gasteiger partial charge in [-0.15, -0.1) is 10.2 Å². The summed E-state index contributed by atoms with van der Waals surface area (Å²) in [5.41, 5.74) is -0.653. The number of aromatic nitrogens is 1. The molecule has 0 unspecified atom stereocenters. The Labute approximate surface area is 203 Å². The molecular formula is C23H21BrN6O4. The fourth-order valence-corrected chi connectivity index (χ4v) is 4.42. The van der Waals surface area contributed by atoms with Gasteiger partial charge in [0.25, 0.3) is 17.4 Å². The molecular weight excluding hydrogens is 504 g/mol. The second kappa shape index (κ2) is 9.98. The van der Waals surface area contributed by atoms with Crippen LogP contribution in [0.3, 0.4) is 0 Å². The van der Waals surface area contributed by atoms with E-state index in [1.165, 1.54) is 13.0 Å². The molecule has 0 fully saturated rings. The molecule has 2 aromatic rings. The van der Waals surface area contributed by atoms with Crippen LogP contribution in [0.25, 0.3) is 0 Å². The Balaban J connectivity index is 2.19. The molecule has 1 aromatic heterocycles. The number of benzene rings is 1. The van der Waals surface area contributed by atoms with Crippen LogP contribution in [0.1, 0.15) is 70.5 Å². The third kappa shape index (κ3) is 3.99. The van der Waals surface area contributed by atoms with E-state index in [0.717, 1.165) is 22.3 Å². The maximum atomic E-state index is 13.1. The van der Waals surface area contributed by atoms with E-state index in [1.807, 2.05) is 19.1 Å². The van der Waals surface area contributed by atoms with Crippen molar-refractivity contribution in [1.29, 1.82) is 10.5 Å². The van der Waals surface area contributed by atoms with Gasteiger partial charge in [0.15, 0.2) is 5.69 Å². The van der Waals surface area contributed by atoms with Gasteiger partial charge in [-0.3, -0.25) is 23.9 Å². The number of halogens is 1. The molecule has 174 valence electrons. The van der Waals surface area contributed by atoms with Crippen molar-refractivity contribution >= 4 is 39.1 Å². The van der Waals surface area contributed by atoms with Gasteiger partial charge >= 0.3 is 0 Å². The van der Waals surface area contributed by atoms with Crippen LogP contribution in [0.5, 0.6) is 5.88 Å². The van der Waals surface area contributed by atoms with Crippen molar-refractivity contribution in [2.24, 2.45) is 10.2 Å². The Hall–Kier alpha value is -3.83. The number of fused-ring (bicyclic) bond motifs is 1. The van der Waals surface area contributed by atoms with Gasteiger partial charge in [0.2, 0.25) is 5.88 Å². The van der Waals surface area contributed by atoms with Crippen molar-refractivity contribution in [3.8, 4) is 18.0 Å². The van der Waals surface area contributed by atoms with Crippen molar-refractivity contribution in [2.75, 3.05) is 6.54 Å². The Morgan fingerprint density at radius 2 is 1.74 bits per heavy atom. The van der Waals surface area contributed by atoms with Gasteiger partial charge in [-0.25, -0.2) is 0 Å². The number of imide groups is 1. The van der Waals surface area contributed by atoms with Gasteiger partial charge in [-0.05, 0) is 42.3 Å². The summed E-state index contributed by atoms with van der Waals surface area (Å²) in [7, 11) is 0. The van der Waals surface area contributed by atoms with Crippen molar-refractivity contribution in [1.82, 2.24) is 9.47 Å². The predicted octanol–water partition coefficient (Wildman–Crippen LogP) is 4.59. The highest BCUT2D eigenvalue weighted by atomic mass is 79.9. The lowest BCUT2D eigenvalue weighted by Crippen LogP contribution is -2.29. The number of pyridine rings is 1. The third-order valence-corrected chi connectivity index (χ3v) is 6.39. The van der Waals surface area contributed by atoms with Gasteiger partial charge in [-0.1, -0.05) is 19.8 Å². The van der Waals surface area contributed by atoms with Crippen molar-refractivity contribution in [2.45, 2.75) is 46.6 Å². The number of unbranched alkanes of at least 4 members (excludes halogenated alkanes) is 2. The van der Waals surface area contributed by atoms with E-state index in [0.29, 0.717) is 6.42 Å². The molecule has 2 heterocycles. The van der Waals surface area contributed by atoms with E-state index in [2.05, 4.69) is 26.2 Å². The summed E-state index contributed by atoms with van der Waals surface area (Å²) >= 11 is 3.28.